The molecule has 2 N–H and O–H groups in total. The number of rotatable bonds is 3. The van der Waals surface area contributed by atoms with Crippen molar-refractivity contribution < 1.29 is 4.79 Å². The summed E-state index contributed by atoms with van der Waals surface area (Å²) in [5.41, 5.74) is 0. The molecule has 0 radical (unpaired) electrons. The summed E-state index contributed by atoms with van der Waals surface area (Å²) in [4.78, 5) is 12.7. The standard InChI is InChI=1S/C10H13ClN2OS/c1-6(8-2-3-9(11)15-8)13-10(14)7-4-5-12-7/h2-3,6-7,12H,4-5H2,1H3,(H,13,14)/t6?,7-/m1/s1. The summed E-state index contributed by atoms with van der Waals surface area (Å²) in [6.45, 7) is 2.91. The Balaban J connectivity index is 1.91. The highest BCUT2D eigenvalue weighted by molar-refractivity contribution is 7.16. The first-order valence-corrected chi connectivity index (χ1v) is 6.15. The normalized spacial score (nSPS) is 21.9. The predicted octanol–water partition coefficient (Wildman–Crippen LogP) is 1.94. The van der Waals surface area contributed by atoms with Crippen molar-refractivity contribution in [3.05, 3.63) is 21.3 Å². The zero-order chi connectivity index (χ0) is 10.8. The van der Waals surface area contributed by atoms with E-state index in [1.807, 2.05) is 19.1 Å². The minimum absolute atomic E-state index is 0.00267. The second kappa shape index (κ2) is 4.51. The van der Waals surface area contributed by atoms with Crippen LogP contribution in [0.3, 0.4) is 0 Å². The molecule has 1 aliphatic rings. The van der Waals surface area contributed by atoms with Crippen LogP contribution in [0.2, 0.25) is 4.34 Å². The first-order valence-electron chi connectivity index (χ1n) is 4.96. The van der Waals surface area contributed by atoms with Gasteiger partial charge in [0.05, 0.1) is 16.4 Å². The monoisotopic (exact) mass is 244 g/mol. The highest BCUT2D eigenvalue weighted by Crippen LogP contribution is 2.26. The van der Waals surface area contributed by atoms with Crippen molar-refractivity contribution in [1.29, 1.82) is 0 Å². The van der Waals surface area contributed by atoms with Gasteiger partial charge in [0.2, 0.25) is 5.91 Å². The first-order chi connectivity index (χ1) is 7.16. The zero-order valence-electron chi connectivity index (χ0n) is 8.42. The Hall–Kier alpha value is -0.580. The lowest BCUT2D eigenvalue weighted by molar-refractivity contribution is -0.125. The average Bonchev–Trinajstić information content (AvgIpc) is 2.48. The van der Waals surface area contributed by atoms with E-state index in [1.54, 1.807) is 0 Å². The number of nitrogens with one attached hydrogen (secondary N) is 2. The largest absolute Gasteiger partial charge is 0.347 e. The van der Waals surface area contributed by atoms with Gasteiger partial charge in [0.15, 0.2) is 0 Å². The Morgan fingerprint density at radius 3 is 2.93 bits per heavy atom. The third-order valence-electron chi connectivity index (χ3n) is 2.52. The van der Waals surface area contributed by atoms with E-state index < -0.39 is 0 Å². The molecule has 15 heavy (non-hydrogen) atoms. The molecule has 1 aliphatic heterocycles. The van der Waals surface area contributed by atoms with Gasteiger partial charge in [-0.25, -0.2) is 0 Å². The second-order valence-corrected chi connectivity index (χ2v) is 5.41. The van der Waals surface area contributed by atoms with Crippen molar-refractivity contribution in [2.24, 2.45) is 0 Å². The number of halogens is 1. The van der Waals surface area contributed by atoms with E-state index in [1.165, 1.54) is 11.3 Å². The summed E-state index contributed by atoms with van der Waals surface area (Å²) in [7, 11) is 0. The summed E-state index contributed by atoms with van der Waals surface area (Å²) < 4.78 is 0.757. The molecule has 0 spiro atoms. The fourth-order valence-electron chi connectivity index (χ4n) is 1.46. The van der Waals surface area contributed by atoms with E-state index in [4.69, 9.17) is 11.6 Å². The maximum atomic E-state index is 11.6. The van der Waals surface area contributed by atoms with Crippen LogP contribution in [-0.4, -0.2) is 18.5 Å². The smallest absolute Gasteiger partial charge is 0.237 e. The molecular formula is C10H13ClN2OS. The van der Waals surface area contributed by atoms with Gasteiger partial charge in [0.1, 0.15) is 0 Å². The van der Waals surface area contributed by atoms with Gasteiger partial charge in [-0.2, -0.15) is 0 Å². The maximum absolute atomic E-state index is 11.6. The van der Waals surface area contributed by atoms with Gasteiger partial charge in [-0.05, 0) is 32.0 Å². The third kappa shape index (κ3) is 2.51. The van der Waals surface area contributed by atoms with Gasteiger partial charge < -0.3 is 10.6 Å². The molecule has 0 bridgehead atoms. The van der Waals surface area contributed by atoms with E-state index >= 15 is 0 Å². The number of carbonyl (C=O) groups is 1. The van der Waals surface area contributed by atoms with Crippen molar-refractivity contribution in [3.8, 4) is 0 Å². The number of amides is 1. The molecule has 2 rings (SSSR count). The first kappa shape index (κ1) is 10.9. The van der Waals surface area contributed by atoms with Crippen molar-refractivity contribution in [2.75, 3.05) is 6.54 Å². The van der Waals surface area contributed by atoms with Crippen LogP contribution in [0.15, 0.2) is 12.1 Å². The highest BCUT2D eigenvalue weighted by Gasteiger charge is 2.25. The summed E-state index contributed by atoms with van der Waals surface area (Å²) in [5, 5.41) is 6.03. The fraction of sp³-hybridized carbons (Fsp3) is 0.500. The molecule has 3 nitrogen and oxygen atoms in total. The molecular weight excluding hydrogens is 232 g/mol. The maximum Gasteiger partial charge on any atom is 0.237 e. The summed E-state index contributed by atoms with van der Waals surface area (Å²) in [5.74, 6) is 0.0817. The van der Waals surface area contributed by atoms with Crippen LogP contribution < -0.4 is 10.6 Å². The molecule has 2 heterocycles. The van der Waals surface area contributed by atoms with Crippen LogP contribution in [-0.2, 0) is 4.79 Å². The number of hydrogen-bond donors (Lipinski definition) is 2. The Morgan fingerprint density at radius 2 is 2.47 bits per heavy atom. The van der Waals surface area contributed by atoms with Gasteiger partial charge >= 0.3 is 0 Å². The van der Waals surface area contributed by atoms with E-state index in [2.05, 4.69) is 10.6 Å². The van der Waals surface area contributed by atoms with Crippen LogP contribution >= 0.6 is 22.9 Å². The molecule has 82 valence electrons. The fourth-order valence-corrected chi connectivity index (χ4v) is 2.52. The molecule has 0 aromatic carbocycles. The van der Waals surface area contributed by atoms with E-state index in [-0.39, 0.29) is 18.0 Å². The Labute approximate surface area is 97.8 Å². The Kier molecular flexibility index (Phi) is 3.29. The Morgan fingerprint density at radius 1 is 1.73 bits per heavy atom. The van der Waals surface area contributed by atoms with Gasteiger partial charge in [-0.3, -0.25) is 4.79 Å². The summed E-state index contributed by atoms with van der Waals surface area (Å²) in [6, 6.07) is 3.85. The topological polar surface area (TPSA) is 41.1 Å². The lowest BCUT2D eigenvalue weighted by Gasteiger charge is -2.27. The van der Waals surface area contributed by atoms with Crippen LogP contribution in [0.4, 0.5) is 0 Å². The third-order valence-corrected chi connectivity index (χ3v) is 3.93. The van der Waals surface area contributed by atoms with E-state index in [0.717, 1.165) is 22.2 Å². The van der Waals surface area contributed by atoms with Crippen LogP contribution in [0, 0.1) is 0 Å². The van der Waals surface area contributed by atoms with Crippen LogP contribution in [0.1, 0.15) is 24.3 Å². The van der Waals surface area contributed by atoms with Crippen molar-refractivity contribution in [2.45, 2.75) is 25.4 Å². The predicted molar refractivity (Wildman–Crippen MR) is 62.3 cm³/mol. The quantitative estimate of drug-likeness (QED) is 0.853. The number of thiophene rings is 1. The zero-order valence-corrected chi connectivity index (χ0v) is 9.99. The SMILES string of the molecule is CC(NC(=O)[C@H]1CCN1)c1ccc(Cl)s1. The van der Waals surface area contributed by atoms with Crippen molar-refractivity contribution in [3.63, 3.8) is 0 Å². The molecule has 1 aromatic rings. The molecule has 1 saturated heterocycles. The lowest BCUT2D eigenvalue weighted by atomic mass is 10.1. The van der Waals surface area contributed by atoms with Gasteiger partial charge in [-0.1, -0.05) is 11.6 Å². The lowest BCUT2D eigenvalue weighted by Crippen LogP contribution is -2.53. The van der Waals surface area contributed by atoms with Crippen LogP contribution in [0.5, 0.6) is 0 Å². The van der Waals surface area contributed by atoms with Gasteiger partial charge in [-0.15, -0.1) is 11.3 Å². The minimum Gasteiger partial charge on any atom is -0.347 e. The second-order valence-electron chi connectivity index (χ2n) is 3.67. The molecule has 1 amide bonds. The average molecular weight is 245 g/mol. The number of hydrogen-bond acceptors (Lipinski definition) is 3. The molecule has 0 aliphatic carbocycles. The molecule has 1 fully saturated rings. The van der Waals surface area contributed by atoms with E-state index in [9.17, 15) is 4.79 Å². The molecule has 2 atom stereocenters. The van der Waals surface area contributed by atoms with Gasteiger partial charge in [0.25, 0.3) is 0 Å². The van der Waals surface area contributed by atoms with Gasteiger partial charge in [0, 0.05) is 4.88 Å². The molecule has 1 unspecified atom stereocenters. The summed E-state index contributed by atoms with van der Waals surface area (Å²) in [6.07, 6.45) is 0.934. The summed E-state index contributed by atoms with van der Waals surface area (Å²) >= 11 is 7.34. The Bertz CT molecular complexity index is 362. The van der Waals surface area contributed by atoms with Crippen molar-refractivity contribution >= 4 is 28.8 Å². The molecule has 0 saturated carbocycles. The van der Waals surface area contributed by atoms with Crippen molar-refractivity contribution in [1.82, 2.24) is 10.6 Å². The van der Waals surface area contributed by atoms with E-state index in [0.29, 0.717) is 0 Å². The number of carbonyl (C=O) groups excluding carboxylic acids is 1. The van der Waals surface area contributed by atoms with Crippen LogP contribution in [0.25, 0.3) is 0 Å². The molecule has 1 aromatic heterocycles. The molecule has 5 heteroatoms. The minimum atomic E-state index is 0.00267. The highest BCUT2D eigenvalue weighted by atomic mass is 35.5.